The van der Waals surface area contributed by atoms with Gasteiger partial charge in [0.15, 0.2) is 5.69 Å². The third-order valence-electron chi connectivity index (χ3n) is 3.09. The fourth-order valence-electron chi connectivity index (χ4n) is 2.04. The van der Waals surface area contributed by atoms with Gasteiger partial charge in [-0.1, -0.05) is 37.6 Å². The second-order valence-corrected chi connectivity index (χ2v) is 6.12. The molecule has 0 unspecified atom stereocenters. The number of rotatable bonds is 5. The van der Waals surface area contributed by atoms with E-state index in [1.165, 1.54) is 0 Å². The van der Waals surface area contributed by atoms with E-state index in [0.717, 1.165) is 17.7 Å². The molecule has 23 heavy (non-hydrogen) atoms. The van der Waals surface area contributed by atoms with Crippen LogP contribution in [-0.4, -0.2) is 22.0 Å². The number of hydrazine groups is 1. The Labute approximate surface area is 139 Å². The lowest BCUT2D eigenvalue weighted by atomic mass is 10.1. The summed E-state index contributed by atoms with van der Waals surface area (Å²) in [7, 11) is 0. The van der Waals surface area contributed by atoms with Crippen molar-refractivity contribution in [2.24, 2.45) is 5.92 Å². The van der Waals surface area contributed by atoms with E-state index < -0.39 is 5.91 Å². The molecule has 1 aromatic carbocycles. The molecule has 0 spiro atoms. The van der Waals surface area contributed by atoms with Gasteiger partial charge in [-0.2, -0.15) is 5.10 Å². The Kier molecular flexibility index (Phi) is 5.76. The SMILES string of the molecule is CC(C)Cc1cc(C(=O)NNC(=O)Cc2ccc(Cl)cc2)n[nH]1. The molecule has 0 aliphatic heterocycles. The number of H-pyrrole nitrogens is 1. The number of aromatic nitrogens is 2. The van der Waals surface area contributed by atoms with E-state index in [9.17, 15) is 9.59 Å². The minimum Gasteiger partial charge on any atom is -0.282 e. The van der Waals surface area contributed by atoms with Crippen molar-refractivity contribution in [2.75, 3.05) is 0 Å². The topological polar surface area (TPSA) is 86.9 Å². The number of carbonyl (C=O) groups excluding carboxylic acids is 2. The van der Waals surface area contributed by atoms with Gasteiger partial charge in [0.05, 0.1) is 6.42 Å². The molecule has 2 aromatic rings. The van der Waals surface area contributed by atoms with E-state index in [1.807, 2.05) is 0 Å². The number of aromatic amines is 1. The summed E-state index contributed by atoms with van der Waals surface area (Å²) < 4.78 is 0. The monoisotopic (exact) mass is 334 g/mol. The van der Waals surface area contributed by atoms with Crippen LogP contribution in [0.3, 0.4) is 0 Å². The van der Waals surface area contributed by atoms with Crippen LogP contribution in [0.25, 0.3) is 0 Å². The zero-order valence-corrected chi connectivity index (χ0v) is 13.8. The summed E-state index contributed by atoms with van der Waals surface area (Å²) in [5.74, 6) is -0.315. The van der Waals surface area contributed by atoms with Crippen LogP contribution >= 0.6 is 11.6 Å². The van der Waals surface area contributed by atoms with Crippen molar-refractivity contribution >= 4 is 23.4 Å². The molecule has 3 N–H and O–H groups in total. The Balaban J connectivity index is 1.82. The van der Waals surface area contributed by atoms with Crippen molar-refractivity contribution in [3.8, 4) is 0 Å². The van der Waals surface area contributed by atoms with Crippen LogP contribution in [0.1, 0.15) is 35.6 Å². The Morgan fingerprint density at radius 1 is 1.22 bits per heavy atom. The zero-order valence-electron chi connectivity index (χ0n) is 13.0. The van der Waals surface area contributed by atoms with Crippen molar-refractivity contribution in [3.63, 3.8) is 0 Å². The third kappa shape index (κ3) is 5.41. The lowest BCUT2D eigenvalue weighted by Gasteiger charge is -2.06. The molecule has 0 bridgehead atoms. The number of hydrogen-bond acceptors (Lipinski definition) is 3. The van der Waals surface area contributed by atoms with Gasteiger partial charge in [-0.05, 0) is 36.1 Å². The van der Waals surface area contributed by atoms with E-state index in [1.54, 1.807) is 30.3 Å². The molecule has 0 saturated heterocycles. The highest BCUT2D eigenvalue weighted by Crippen LogP contribution is 2.10. The van der Waals surface area contributed by atoms with Crippen molar-refractivity contribution in [2.45, 2.75) is 26.7 Å². The van der Waals surface area contributed by atoms with Crippen LogP contribution in [0.5, 0.6) is 0 Å². The maximum Gasteiger partial charge on any atom is 0.290 e. The average Bonchev–Trinajstić information content (AvgIpc) is 2.95. The van der Waals surface area contributed by atoms with Crippen molar-refractivity contribution in [1.82, 2.24) is 21.0 Å². The van der Waals surface area contributed by atoms with Crippen molar-refractivity contribution in [3.05, 3.63) is 52.3 Å². The molecule has 0 aliphatic carbocycles. The number of nitrogens with zero attached hydrogens (tertiary/aromatic N) is 1. The number of benzene rings is 1. The molecule has 0 radical (unpaired) electrons. The Hall–Kier alpha value is -2.34. The summed E-state index contributed by atoms with van der Waals surface area (Å²) in [6.45, 7) is 4.16. The summed E-state index contributed by atoms with van der Waals surface area (Å²) in [6.07, 6.45) is 0.958. The van der Waals surface area contributed by atoms with E-state index in [0.29, 0.717) is 10.9 Å². The summed E-state index contributed by atoms with van der Waals surface area (Å²) in [5, 5.41) is 7.36. The molecule has 6 nitrogen and oxygen atoms in total. The van der Waals surface area contributed by atoms with Crippen LogP contribution in [0.15, 0.2) is 30.3 Å². The number of carbonyl (C=O) groups is 2. The first kappa shape index (κ1) is 17.0. The third-order valence-corrected chi connectivity index (χ3v) is 3.34. The standard InChI is InChI=1S/C16H19ClN4O2/c1-10(2)7-13-9-14(19-18-13)16(23)21-20-15(22)8-11-3-5-12(17)6-4-11/h3-6,9-10H,7-8H2,1-2H3,(H,18,19)(H,20,22)(H,21,23). The Morgan fingerprint density at radius 3 is 2.57 bits per heavy atom. The fraction of sp³-hybridized carbons (Fsp3) is 0.312. The first-order valence-corrected chi connectivity index (χ1v) is 7.69. The average molecular weight is 335 g/mol. The predicted octanol–water partition coefficient (Wildman–Crippen LogP) is 2.27. The van der Waals surface area contributed by atoms with Gasteiger partial charge >= 0.3 is 0 Å². The molecular formula is C16H19ClN4O2. The number of halogens is 1. The molecule has 0 saturated carbocycles. The number of nitrogens with one attached hydrogen (secondary N) is 3. The maximum atomic E-state index is 11.9. The zero-order chi connectivity index (χ0) is 16.8. The highest BCUT2D eigenvalue weighted by molar-refractivity contribution is 6.30. The molecular weight excluding hydrogens is 316 g/mol. The van der Waals surface area contributed by atoms with Gasteiger partial charge in [0.1, 0.15) is 0 Å². The van der Waals surface area contributed by atoms with Gasteiger partial charge in [-0.25, -0.2) is 0 Å². The van der Waals surface area contributed by atoms with Crippen molar-refractivity contribution in [1.29, 1.82) is 0 Å². The van der Waals surface area contributed by atoms with E-state index in [-0.39, 0.29) is 18.0 Å². The van der Waals surface area contributed by atoms with Gasteiger partial charge in [-0.3, -0.25) is 25.5 Å². The number of hydrogen-bond donors (Lipinski definition) is 3. The molecule has 1 aromatic heterocycles. The molecule has 0 atom stereocenters. The molecule has 1 heterocycles. The van der Waals surface area contributed by atoms with E-state index in [2.05, 4.69) is 34.9 Å². The van der Waals surface area contributed by atoms with Crippen LogP contribution in [0.4, 0.5) is 0 Å². The summed E-state index contributed by atoms with van der Waals surface area (Å²) >= 11 is 5.78. The molecule has 7 heteroatoms. The van der Waals surface area contributed by atoms with Gasteiger partial charge in [0.25, 0.3) is 5.91 Å². The molecule has 0 fully saturated rings. The Morgan fingerprint density at radius 2 is 1.91 bits per heavy atom. The lowest BCUT2D eigenvalue weighted by molar-refractivity contribution is -0.121. The van der Waals surface area contributed by atoms with Crippen LogP contribution in [0.2, 0.25) is 5.02 Å². The minimum absolute atomic E-state index is 0.149. The van der Waals surface area contributed by atoms with E-state index >= 15 is 0 Å². The first-order chi connectivity index (χ1) is 10.9. The maximum absolute atomic E-state index is 11.9. The minimum atomic E-state index is -0.458. The largest absolute Gasteiger partial charge is 0.290 e. The van der Waals surface area contributed by atoms with Crippen LogP contribution in [0, 0.1) is 5.92 Å². The van der Waals surface area contributed by atoms with Crippen LogP contribution < -0.4 is 10.9 Å². The van der Waals surface area contributed by atoms with Crippen molar-refractivity contribution < 1.29 is 9.59 Å². The number of amides is 2. The molecule has 0 aliphatic rings. The molecule has 122 valence electrons. The first-order valence-electron chi connectivity index (χ1n) is 7.32. The molecule has 2 amide bonds. The summed E-state index contributed by atoms with van der Waals surface area (Å²) in [5.41, 5.74) is 6.65. The normalized spacial score (nSPS) is 10.6. The van der Waals surface area contributed by atoms with Crippen LogP contribution in [-0.2, 0) is 17.6 Å². The lowest BCUT2D eigenvalue weighted by Crippen LogP contribution is -2.42. The predicted molar refractivity (Wildman–Crippen MR) is 87.9 cm³/mol. The summed E-state index contributed by atoms with van der Waals surface area (Å²) in [6, 6.07) is 8.62. The Bertz CT molecular complexity index is 680. The van der Waals surface area contributed by atoms with Gasteiger partial charge in [0, 0.05) is 10.7 Å². The highest BCUT2D eigenvalue weighted by Gasteiger charge is 2.12. The smallest absolute Gasteiger partial charge is 0.282 e. The fourth-order valence-corrected chi connectivity index (χ4v) is 2.17. The second kappa shape index (κ2) is 7.78. The highest BCUT2D eigenvalue weighted by atomic mass is 35.5. The second-order valence-electron chi connectivity index (χ2n) is 5.68. The summed E-state index contributed by atoms with van der Waals surface area (Å²) in [4.78, 5) is 23.7. The van der Waals surface area contributed by atoms with Gasteiger partial charge in [-0.15, -0.1) is 0 Å². The van der Waals surface area contributed by atoms with E-state index in [4.69, 9.17) is 11.6 Å². The van der Waals surface area contributed by atoms with Gasteiger partial charge in [0.2, 0.25) is 5.91 Å². The van der Waals surface area contributed by atoms with Gasteiger partial charge < -0.3 is 0 Å². The molecule has 2 rings (SSSR count). The quantitative estimate of drug-likeness (QED) is 0.733.